The van der Waals surface area contributed by atoms with Crippen LogP contribution >= 0.6 is 23.2 Å². The van der Waals surface area contributed by atoms with E-state index in [-0.39, 0.29) is 0 Å². The van der Waals surface area contributed by atoms with E-state index in [1.807, 2.05) is 36.4 Å². The first-order valence-corrected chi connectivity index (χ1v) is 10.8. The normalized spacial score (nSPS) is 12.7. The molecule has 0 saturated heterocycles. The molecule has 0 unspecified atom stereocenters. The Balaban J connectivity index is 1.85. The van der Waals surface area contributed by atoms with E-state index >= 15 is 0 Å². The molecule has 5 aromatic rings. The van der Waals surface area contributed by atoms with Gasteiger partial charge in [-0.1, -0.05) is 59.6 Å². The molecule has 6 rings (SSSR count). The average molecular weight is 444 g/mol. The number of aryl methyl sites for hydroxylation is 1. The van der Waals surface area contributed by atoms with Crippen molar-refractivity contribution in [3.8, 4) is 22.4 Å². The fraction of sp³-hybridized carbons (Fsp3) is 0.0769. The third-order valence-electron chi connectivity index (χ3n) is 5.95. The van der Waals surface area contributed by atoms with Crippen molar-refractivity contribution >= 4 is 45.1 Å². The predicted octanol–water partition coefficient (Wildman–Crippen LogP) is 7.08. The molecule has 0 radical (unpaired) electrons. The number of hydrogen-bond acceptors (Lipinski definition) is 3. The highest BCUT2D eigenvalue weighted by Gasteiger charge is 2.26. The lowest BCUT2D eigenvalue weighted by molar-refractivity contribution is 0.569. The quantitative estimate of drug-likeness (QED) is 0.205. The fourth-order valence-electron chi connectivity index (χ4n) is 4.57. The molecule has 1 aliphatic carbocycles. The Morgan fingerprint density at radius 3 is 2.48 bits per heavy atom. The lowest BCUT2D eigenvalue weighted by Crippen LogP contribution is -2.12. The summed E-state index contributed by atoms with van der Waals surface area (Å²) in [6.07, 6.45) is 1.68. The molecule has 0 N–H and O–H groups in total. The van der Waals surface area contributed by atoms with Gasteiger partial charge in [0.25, 0.3) is 0 Å². The van der Waals surface area contributed by atoms with Gasteiger partial charge in [-0.2, -0.15) is 0 Å². The molecule has 1 aliphatic rings. The lowest BCUT2D eigenvalue weighted by atomic mass is 9.83. The van der Waals surface area contributed by atoms with E-state index < -0.39 is 5.63 Å². The largest absolute Gasteiger partial charge is 0.422 e. The zero-order chi connectivity index (χ0) is 21.1. The molecule has 3 nitrogen and oxygen atoms in total. The maximum atomic E-state index is 13.2. The van der Waals surface area contributed by atoms with E-state index in [0.29, 0.717) is 26.5 Å². The standard InChI is InChI=1S/C26H15Cl2NO2/c27-16-8-5-15(6-9-16)22-19-11-7-14-3-1-2-4-18(14)24(19)29-25-20-13-17(28)10-12-21(20)31-26(30)23(22)25/h1-6,8-10,12-13H,7,11H2. The summed E-state index contributed by atoms with van der Waals surface area (Å²) in [6.45, 7) is 0. The van der Waals surface area contributed by atoms with Gasteiger partial charge in [-0.15, -0.1) is 0 Å². The summed E-state index contributed by atoms with van der Waals surface area (Å²) in [7, 11) is 0. The Hall–Kier alpha value is -3.14. The maximum Gasteiger partial charge on any atom is 0.346 e. The monoisotopic (exact) mass is 443 g/mol. The SMILES string of the molecule is O=c1oc2ccc(Cl)cc2c2nc3c(c(-c4ccc(Cl)cc4)c12)CCc1ccccc1-3. The predicted molar refractivity (Wildman–Crippen MR) is 126 cm³/mol. The molecule has 2 aromatic heterocycles. The van der Waals surface area contributed by atoms with Crippen molar-refractivity contribution < 1.29 is 4.42 Å². The van der Waals surface area contributed by atoms with Crippen LogP contribution in [0.15, 0.2) is 75.9 Å². The average Bonchev–Trinajstić information content (AvgIpc) is 2.79. The van der Waals surface area contributed by atoms with E-state index in [4.69, 9.17) is 32.6 Å². The van der Waals surface area contributed by atoms with E-state index in [0.717, 1.165) is 46.2 Å². The van der Waals surface area contributed by atoms with Crippen molar-refractivity contribution in [2.75, 3.05) is 0 Å². The first kappa shape index (κ1) is 18.6. The molecule has 0 saturated carbocycles. The number of halogens is 2. The van der Waals surface area contributed by atoms with Gasteiger partial charge in [-0.25, -0.2) is 9.78 Å². The third-order valence-corrected chi connectivity index (χ3v) is 6.44. The van der Waals surface area contributed by atoms with Gasteiger partial charge in [0.2, 0.25) is 0 Å². The summed E-state index contributed by atoms with van der Waals surface area (Å²) in [5, 5.41) is 2.42. The Morgan fingerprint density at radius 1 is 0.871 bits per heavy atom. The highest BCUT2D eigenvalue weighted by atomic mass is 35.5. The minimum atomic E-state index is -0.399. The van der Waals surface area contributed by atoms with Crippen LogP contribution in [-0.4, -0.2) is 4.98 Å². The molecule has 0 amide bonds. The van der Waals surface area contributed by atoms with Crippen LogP contribution in [0.3, 0.4) is 0 Å². The van der Waals surface area contributed by atoms with E-state index in [1.54, 1.807) is 12.1 Å². The summed E-state index contributed by atoms with van der Waals surface area (Å²) in [5.41, 5.74) is 6.79. The highest BCUT2D eigenvalue weighted by Crippen LogP contribution is 2.42. The second-order valence-corrected chi connectivity index (χ2v) is 8.60. The van der Waals surface area contributed by atoms with Crippen molar-refractivity contribution in [1.29, 1.82) is 0 Å². The molecular weight excluding hydrogens is 429 g/mol. The first-order chi connectivity index (χ1) is 15.1. The molecule has 0 fully saturated rings. The van der Waals surface area contributed by atoms with Gasteiger partial charge in [0.15, 0.2) is 0 Å². The first-order valence-electron chi connectivity index (χ1n) is 10.0. The summed E-state index contributed by atoms with van der Waals surface area (Å²) >= 11 is 12.4. The Morgan fingerprint density at radius 2 is 1.65 bits per heavy atom. The molecule has 3 aromatic carbocycles. The van der Waals surface area contributed by atoms with Crippen molar-refractivity contribution in [2.45, 2.75) is 12.8 Å². The number of nitrogens with zero attached hydrogens (tertiary/aromatic N) is 1. The molecule has 0 atom stereocenters. The topological polar surface area (TPSA) is 43.1 Å². The number of hydrogen-bond donors (Lipinski definition) is 0. The Kier molecular flexibility index (Phi) is 4.17. The van der Waals surface area contributed by atoms with Crippen LogP contribution in [0.5, 0.6) is 0 Å². The summed E-state index contributed by atoms with van der Waals surface area (Å²) in [4.78, 5) is 18.3. The van der Waals surface area contributed by atoms with Crippen LogP contribution in [0, 0.1) is 0 Å². The number of pyridine rings is 1. The summed E-state index contributed by atoms with van der Waals surface area (Å²) in [5.74, 6) is 0. The summed E-state index contributed by atoms with van der Waals surface area (Å²) < 4.78 is 5.70. The highest BCUT2D eigenvalue weighted by molar-refractivity contribution is 6.32. The Labute approximate surface area is 187 Å². The van der Waals surface area contributed by atoms with Gasteiger partial charge in [-0.05, 0) is 59.9 Å². The van der Waals surface area contributed by atoms with Gasteiger partial charge >= 0.3 is 5.63 Å². The van der Waals surface area contributed by atoms with E-state index in [1.165, 1.54) is 5.56 Å². The summed E-state index contributed by atoms with van der Waals surface area (Å²) in [6, 6.07) is 21.1. The van der Waals surface area contributed by atoms with Crippen LogP contribution < -0.4 is 5.63 Å². The van der Waals surface area contributed by atoms with Crippen molar-refractivity contribution in [1.82, 2.24) is 4.98 Å². The fourth-order valence-corrected chi connectivity index (χ4v) is 4.87. The van der Waals surface area contributed by atoms with Crippen molar-refractivity contribution in [3.05, 3.63) is 98.3 Å². The molecule has 31 heavy (non-hydrogen) atoms. The third kappa shape index (κ3) is 2.88. The minimum absolute atomic E-state index is 0.399. The van der Waals surface area contributed by atoms with Gasteiger partial charge in [0.05, 0.1) is 16.6 Å². The molecular formula is C26H15Cl2NO2. The number of rotatable bonds is 1. The van der Waals surface area contributed by atoms with E-state index in [2.05, 4.69) is 18.2 Å². The lowest BCUT2D eigenvalue weighted by Gasteiger charge is -2.23. The van der Waals surface area contributed by atoms with Gasteiger partial charge in [0.1, 0.15) is 5.58 Å². The number of fused-ring (bicyclic) bond motifs is 6. The molecule has 0 aliphatic heterocycles. The number of benzene rings is 3. The minimum Gasteiger partial charge on any atom is -0.422 e. The van der Waals surface area contributed by atoms with Crippen LogP contribution in [0.4, 0.5) is 0 Å². The molecule has 0 bridgehead atoms. The van der Waals surface area contributed by atoms with Crippen LogP contribution in [-0.2, 0) is 12.8 Å². The van der Waals surface area contributed by atoms with Crippen LogP contribution in [0.2, 0.25) is 10.0 Å². The second kappa shape index (κ2) is 6.94. The molecule has 150 valence electrons. The molecule has 2 heterocycles. The molecule has 0 spiro atoms. The van der Waals surface area contributed by atoms with Crippen LogP contribution in [0.1, 0.15) is 11.1 Å². The number of aromatic nitrogens is 1. The maximum absolute atomic E-state index is 13.2. The Bertz CT molecular complexity index is 1570. The van der Waals surface area contributed by atoms with Gasteiger partial charge in [0, 0.05) is 26.6 Å². The van der Waals surface area contributed by atoms with Crippen molar-refractivity contribution in [2.24, 2.45) is 0 Å². The van der Waals surface area contributed by atoms with Crippen LogP contribution in [0.25, 0.3) is 44.3 Å². The second-order valence-electron chi connectivity index (χ2n) is 7.73. The smallest absolute Gasteiger partial charge is 0.346 e. The van der Waals surface area contributed by atoms with Gasteiger partial charge in [-0.3, -0.25) is 0 Å². The zero-order valence-electron chi connectivity index (χ0n) is 16.3. The van der Waals surface area contributed by atoms with E-state index in [9.17, 15) is 4.79 Å². The molecule has 5 heteroatoms. The van der Waals surface area contributed by atoms with Crippen molar-refractivity contribution in [3.63, 3.8) is 0 Å². The zero-order valence-corrected chi connectivity index (χ0v) is 17.8. The van der Waals surface area contributed by atoms with Gasteiger partial charge < -0.3 is 4.42 Å².